The molecule has 0 bridgehead atoms. The molecule has 5 nitrogen and oxygen atoms in total. The molecule has 6 heteroatoms. The highest BCUT2D eigenvalue weighted by atomic mass is 35.5. The number of benzene rings is 2. The van der Waals surface area contributed by atoms with E-state index in [1.54, 1.807) is 0 Å². The van der Waals surface area contributed by atoms with Crippen LogP contribution in [-0.2, 0) is 17.9 Å². The maximum atomic E-state index is 12.0. The smallest absolute Gasteiger partial charge is 0.239 e. The molecular weight excluding hydrogens is 336 g/mol. The minimum absolute atomic E-state index is 0.0906. The summed E-state index contributed by atoms with van der Waals surface area (Å²) in [5, 5.41) is 9.70. The second-order valence-electron chi connectivity index (χ2n) is 5.40. The summed E-state index contributed by atoms with van der Waals surface area (Å²) in [6.07, 6.45) is 0. The number of hydrogen-bond donors (Lipinski definition) is 3. The molecule has 0 aliphatic rings. The number of guanidine groups is 1. The topological polar surface area (TPSA) is 65.5 Å². The third kappa shape index (κ3) is 6.85. The number of hydrogen-bond acceptors (Lipinski definition) is 2. The van der Waals surface area contributed by atoms with E-state index >= 15 is 0 Å². The lowest BCUT2D eigenvalue weighted by molar-refractivity contribution is -0.120. The van der Waals surface area contributed by atoms with Crippen LogP contribution >= 0.6 is 11.6 Å². The van der Waals surface area contributed by atoms with Crippen LogP contribution in [0.25, 0.3) is 0 Å². The lowest BCUT2D eigenvalue weighted by Crippen LogP contribution is -2.43. The highest BCUT2D eigenvalue weighted by Gasteiger charge is 2.04. The van der Waals surface area contributed by atoms with Crippen LogP contribution in [0, 0.1) is 0 Å². The van der Waals surface area contributed by atoms with Crippen molar-refractivity contribution in [2.45, 2.75) is 20.0 Å². The Hall–Kier alpha value is -2.53. The Balaban J connectivity index is 1.83. The predicted molar refractivity (Wildman–Crippen MR) is 103 cm³/mol. The predicted octanol–water partition coefficient (Wildman–Crippen LogP) is 2.71. The van der Waals surface area contributed by atoms with Gasteiger partial charge in [0.15, 0.2) is 5.96 Å². The Morgan fingerprint density at radius 2 is 1.72 bits per heavy atom. The van der Waals surface area contributed by atoms with Gasteiger partial charge < -0.3 is 16.0 Å². The largest absolute Gasteiger partial charge is 0.357 e. The molecule has 25 heavy (non-hydrogen) atoms. The molecule has 0 atom stereocenters. The zero-order valence-corrected chi connectivity index (χ0v) is 15.0. The van der Waals surface area contributed by atoms with Gasteiger partial charge in [-0.1, -0.05) is 60.1 Å². The molecule has 2 aromatic rings. The fourth-order valence-electron chi connectivity index (χ4n) is 2.16. The molecule has 0 saturated carbocycles. The molecule has 2 aromatic carbocycles. The van der Waals surface area contributed by atoms with Gasteiger partial charge in [0, 0.05) is 18.1 Å². The lowest BCUT2D eigenvalue weighted by Gasteiger charge is -2.12. The van der Waals surface area contributed by atoms with Gasteiger partial charge in [0.25, 0.3) is 0 Å². The van der Waals surface area contributed by atoms with Crippen molar-refractivity contribution in [1.82, 2.24) is 16.0 Å². The van der Waals surface area contributed by atoms with Crippen LogP contribution in [0.1, 0.15) is 18.1 Å². The maximum Gasteiger partial charge on any atom is 0.239 e. The SMILES string of the molecule is CCNC(=NCc1ccccc1Cl)NCC(=O)NCc1ccccc1. The van der Waals surface area contributed by atoms with E-state index in [2.05, 4.69) is 20.9 Å². The molecule has 0 spiro atoms. The number of aliphatic imine (C=N–C) groups is 1. The first-order valence-electron chi connectivity index (χ1n) is 8.25. The molecule has 0 aromatic heterocycles. The normalized spacial score (nSPS) is 11.0. The highest BCUT2D eigenvalue weighted by molar-refractivity contribution is 6.31. The first kappa shape index (κ1) is 18.8. The molecule has 132 valence electrons. The van der Waals surface area contributed by atoms with Crippen LogP contribution in [0.4, 0.5) is 0 Å². The zero-order chi connectivity index (χ0) is 17.9. The molecule has 0 heterocycles. The van der Waals surface area contributed by atoms with Gasteiger partial charge >= 0.3 is 0 Å². The summed E-state index contributed by atoms with van der Waals surface area (Å²) in [6.45, 7) is 3.79. The van der Waals surface area contributed by atoms with E-state index < -0.39 is 0 Å². The summed E-state index contributed by atoms with van der Waals surface area (Å²) in [7, 11) is 0. The van der Waals surface area contributed by atoms with E-state index in [-0.39, 0.29) is 12.5 Å². The van der Waals surface area contributed by atoms with Crippen LogP contribution in [-0.4, -0.2) is 25.0 Å². The minimum Gasteiger partial charge on any atom is -0.357 e. The van der Waals surface area contributed by atoms with Gasteiger partial charge in [0.05, 0.1) is 13.1 Å². The Kier molecular flexibility index (Phi) is 7.79. The van der Waals surface area contributed by atoms with Gasteiger partial charge in [-0.25, -0.2) is 4.99 Å². The van der Waals surface area contributed by atoms with Crippen LogP contribution in [0.2, 0.25) is 5.02 Å². The van der Waals surface area contributed by atoms with Crippen molar-refractivity contribution in [1.29, 1.82) is 0 Å². The van der Waals surface area contributed by atoms with Gasteiger partial charge in [-0.15, -0.1) is 0 Å². The molecule has 1 amide bonds. The summed E-state index contributed by atoms with van der Waals surface area (Å²) >= 11 is 6.14. The summed E-state index contributed by atoms with van der Waals surface area (Å²) in [5.74, 6) is 0.490. The van der Waals surface area contributed by atoms with Crippen molar-refractivity contribution in [2.24, 2.45) is 4.99 Å². The summed E-state index contributed by atoms with van der Waals surface area (Å²) < 4.78 is 0. The number of amides is 1. The van der Waals surface area contributed by atoms with E-state index in [0.29, 0.717) is 30.6 Å². The van der Waals surface area contributed by atoms with Crippen LogP contribution in [0.5, 0.6) is 0 Å². The Morgan fingerprint density at radius 1 is 1.00 bits per heavy atom. The number of nitrogens with zero attached hydrogens (tertiary/aromatic N) is 1. The number of carbonyl (C=O) groups excluding carboxylic acids is 1. The van der Waals surface area contributed by atoms with E-state index in [1.807, 2.05) is 61.5 Å². The molecule has 0 fully saturated rings. The zero-order valence-electron chi connectivity index (χ0n) is 14.3. The van der Waals surface area contributed by atoms with Gasteiger partial charge in [0.2, 0.25) is 5.91 Å². The molecule has 0 unspecified atom stereocenters. The molecule has 0 saturated heterocycles. The maximum absolute atomic E-state index is 12.0. The molecule has 0 aliphatic heterocycles. The minimum atomic E-state index is -0.0906. The van der Waals surface area contributed by atoms with E-state index in [1.165, 1.54) is 0 Å². The van der Waals surface area contributed by atoms with Crippen molar-refractivity contribution in [2.75, 3.05) is 13.1 Å². The van der Waals surface area contributed by atoms with Gasteiger partial charge in [0.1, 0.15) is 0 Å². The average Bonchev–Trinajstić information content (AvgIpc) is 2.64. The Labute approximate surface area is 153 Å². The number of nitrogens with one attached hydrogen (secondary N) is 3. The van der Waals surface area contributed by atoms with Gasteiger partial charge in [-0.2, -0.15) is 0 Å². The first-order valence-corrected chi connectivity index (χ1v) is 8.63. The lowest BCUT2D eigenvalue weighted by atomic mass is 10.2. The number of rotatable bonds is 7. The van der Waals surface area contributed by atoms with E-state index in [0.717, 1.165) is 11.1 Å². The average molecular weight is 359 g/mol. The highest BCUT2D eigenvalue weighted by Crippen LogP contribution is 2.15. The third-order valence-electron chi connectivity index (χ3n) is 3.46. The summed E-state index contributed by atoms with van der Waals surface area (Å²) in [5.41, 5.74) is 2.00. The molecule has 2 rings (SSSR count). The van der Waals surface area contributed by atoms with Crippen LogP contribution in [0.15, 0.2) is 59.6 Å². The Morgan fingerprint density at radius 3 is 2.44 bits per heavy atom. The fraction of sp³-hybridized carbons (Fsp3) is 0.263. The molecule has 0 aliphatic carbocycles. The van der Waals surface area contributed by atoms with Crippen molar-refractivity contribution < 1.29 is 4.79 Å². The molecule has 3 N–H and O–H groups in total. The second kappa shape index (κ2) is 10.4. The van der Waals surface area contributed by atoms with Crippen molar-refractivity contribution in [3.63, 3.8) is 0 Å². The van der Waals surface area contributed by atoms with Crippen molar-refractivity contribution in [3.05, 3.63) is 70.7 Å². The van der Waals surface area contributed by atoms with Crippen LogP contribution < -0.4 is 16.0 Å². The van der Waals surface area contributed by atoms with Gasteiger partial charge in [-0.05, 0) is 24.1 Å². The summed E-state index contributed by atoms with van der Waals surface area (Å²) in [4.78, 5) is 16.4. The molecule has 0 radical (unpaired) electrons. The number of carbonyl (C=O) groups is 1. The summed E-state index contributed by atoms with van der Waals surface area (Å²) in [6, 6.07) is 17.4. The standard InChI is InChI=1S/C19H23ClN4O/c1-2-21-19(23-13-16-10-6-7-11-17(16)20)24-14-18(25)22-12-15-8-4-3-5-9-15/h3-11H,2,12-14H2,1H3,(H,22,25)(H2,21,23,24). The van der Waals surface area contributed by atoms with Crippen molar-refractivity contribution >= 4 is 23.5 Å². The van der Waals surface area contributed by atoms with Crippen LogP contribution in [0.3, 0.4) is 0 Å². The van der Waals surface area contributed by atoms with E-state index in [9.17, 15) is 4.79 Å². The number of halogens is 1. The Bertz CT molecular complexity index is 704. The van der Waals surface area contributed by atoms with Crippen molar-refractivity contribution in [3.8, 4) is 0 Å². The van der Waals surface area contributed by atoms with E-state index in [4.69, 9.17) is 11.6 Å². The van der Waals surface area contributed by atoms with Gasteiger partial charge in [-0.3, -0.25) is 4.79 Å². The second-order valence-corrected chi connectivity index (χ2v) is 5.81. The fourth-order valence-corrected chi connectivity index (χ4v) is 2.35. The monoisotopic (exact) mass is 358 g/mol. The molecular formula is C19H23ClN4O. The quantitative estimate of drug-likeness (QED) is 0.526. The first-order chi connectivity index (χ1) is 12.2. The third-order valence-corrected chi connectivity index (χ3v) is 3.83.